The van der Waals surface area contributed by atoms with Crippen LogP contribution in [0.1, 0.15) is 30.9 Å². The van der Waals surface area contributed by atoms with Gasteiger partial charge in [-0.1, -0.05) is 19.9 Å². The number of amides is 1. The number of pyridine rings is 1. The third kappa shape index (κ3) is 3.93. The zero-order valence-electron chi connectivity index (χ0n) is 16.2. The Morgan fingerprint density at radius 1 is 1.28 bits per heavy atom. The second-order valence-electron chi connectivity index (χ2n) is 7.29. The lowest BCUT2D eigenvalue weighted by atomic mass is 9.92. The second-order valence-corrected chi connectivity index (χ2v) is 7.63. The van der Waals surface area contributed by atoms with Crippen LogP contribution in [0.15, 0.2) is 30.6 Å². The normalized spacial score (nSPS) is 14.8. The molecule has 8 heteroatoms. The highest BCUT2D eigenvalue weighted by molar-refractivity contribution is 6.28. The summed E-state index contributed by atoms with van der Waals surface area (Å²) in [6.07, 6.45) is 2.89. The zero-order valence-corrected chi connectivity index (χ0v) is 16.9. The molecule has 0 radical (unpaired) electrons. The van der Waals surface area contributed by atoms with Gasteiger partial charge in [-0.3, -0.25) is 9.78 Å². The number of aromatic nitrogens is 3. The van der Waals surface area contributed by atoms with Gasteiger partial charge in [-0.25, -0.2) is 14.4 Å². The number of morpholine rings is 1. The van der Waals surface area contributed by atoms with Crippen molar-refractivity contribution in [2.75, 3.05) is 19.8 Å². The first-order valence-electron chi connectivity index (χ1n) is 9.39. The van der Waals surface area contributed by atoms with Crippen molar-refractivity contribution < 1.29 is 13.9 Å². The van der Waals surface area contributed by atoms with Gasteiger partial charge < -0.3 is 9.64 Å². The Balaban J connectivity index is 1.83. The Morgan fingerprint density at radius 2 is 2.10 bits per heavy atom. The van der Waals surface area contributed by atoms with Gasteiger partial charge in [-0.05, 0) is 40.8 Å². The van der Waals surface area contributed by atoms with Crippen molar-refractivity contribution in [3.63, 3.8) is 0 Å². The summed E-state index contributed by atoms with van der Waals surface area (Å²) in [5.74, 6) is -0.388. The number of hydrogen-bond acceptors (Lipinski definition) is 5. The molecule has 1 aliphatic heterocycles. The van der Waals surface area contributed by atoms with Crippen molar-refractivity contribution in [2.24, 2.45) is 0 Å². The van der Waals surface area contributed by atoms with Crippen LogP contribution in [-0.2, 0) is 16.1 Å². The Hall–Kier alpha value is -2.64. The molecule has 1 aliphatic rings. The summed E-state index contributed by atoms with van der Waals surface area (Å²) in [5, 5.41) is 0.896. The fourth-order valence-corrected chi connectivity index (χ4v) is 3.81. The number of halogens is 2. The largest absolute Gasteiger partial charge is 0.370 e. The molecule has 150 valence electrons. The van der Waals surface area contributed by atoms with Crippen molar-refractivity contribution >= 4 is 28.4 Å². The fourth-order valence-electron chi connectivity index (χ4n) is 3.68. The van der Waals surface area contributed by atoms with Crippen LogP contribution in [0, 0.1) is 5.82 Å². The lowest BCUT2D eigenvalue weighted by Crippen LogP contribution is -2.41. The van der Waals surface area contributed by atoms with Gasteiger partial charge in [-0.2, -0.15) is 0 Å². The topological polar surface area (TPSA) is 68.2 Å². The van der Waals surface area contributed by atoms with E-state index in [0.29, 0.717) is 25.3 Å². The minimum absolute atomic E-state index is 0.0108. The van der Waals surface area contributed by atoms with E-state index in [0.717, 1.165) is 28.2 Å². The van der Waals surface area contributed by atoms with Crippen molar-refractivity contribution in [3.05, 3.63) is 52.8 Å². The summed E-state index contributed by atoms with van der Waals surface area (Å²) in [6.45, 7) is 5.84. The van der Waals surface area contributed by atoms with Crippen LogP contribution in [0.2, 0.25) is 5.28 Å². The molecule has 0 spiro atoms. The summed E-state index contributed by atoms with van der Waals surface area (Å²) < 4.78 is 19.5. The van der Waals surface area contributed by atoms with Crippen LogP contribution >= 0.6 is 11.6 Å². The van der Waals surface area contributed by atoms with E-state index >= 15 is 0 Å². The van der Waals surface area contributed by atoms with Crippen molar-refractivity contribution in [1.82, 2.24) is 19.9 Å². The number of rotatable bonds is 4. The molecule has 0 atom stereocenters. The van der Waals surface area contributed by atoms with E-state index in [1.54, 1.807) is 11.0 Å². The van der Waals surface area contributed by atoms with E-state index in [4.69, 9.17) is 16.3 Å². The molecule has 2 aromatic heterocycles. The fraction of sp³-hybridized carbons (Fsp3) is 0.333. The molecule has 4 rings (SSSR count). The molecule has 0 aliphatic carbocycles. The van der Waals surface area contributed by atoms with Gasteiger partial charge in [0.2, 0.25) is 11.2 Å². The van der Waals surface area contributed by atoms with Gasteiger partial charge in [0, 0.05) is 30.2 Å². The Kier molecular flexibility index (Phi) is 5.43. The Bertz CT molecular complexity index is 1090. The van der Waals surface area contributed by atoms with Crippen molar-refractivity contribution in [1.29, 1.82) is 0 Å². The van der Waals surface area contributed by atoms with E-state index < -0.39 is 5.82 Å². The zero-order chi connectivity index (χ0) is 20.5. The van der Waals surface area contributed by atoms with Crippen LogP contribution in [0.25, 0.3) is 22.2 Å². The van der Waals surface area contributed by atoms with E-state index in [9.17, 15) is 9.18 Å². The predicted molar refractivity (Wildman–Crippen MR) is 108 cm³/mol. The van der Waals surface area contributed by atoms with Gasteiger partial charge in [-0.15, -0.1) is 0 Å². The smallest absolute Gasteiger partial charge is 0.248 e. The molecule has 3 heterocycles. The Labute approximate surface area is 172 Å². The van der Waals surface area contributed by atoms with Gasteiger partial charge in [0.05, 0.1) is 18.3 Å². The number of carbonyl (C=O) groups is 1. The maximum absolute atomic E-state index is 14.3. The molecule has 0 unspecified atom stereocenters. The molecular formula is C21H20ClFN4O2. The van der Waals surface area contributed by atoms with Gasteiger partial charge in [0.25, 0.3) is 0 Å². The summed E-state index contributed by atoms with van der Waals surface area (Å²) in [4.78, 5) is 26.2. The van der Waals surface area contributed by atoms with Crippen LogP contribution in [-0.4, -0.2) is 45.5 Å². The maximum atomic E-state index is 14.3. The van der Waals surface area contributed by atoms with Gasteiger partial charge in [0.15, 0.2) is 5.82 Å². The van der Waals surface area contributed by atoms with Crippen molar-refractivity contribution in [2.45, 2.75) is 26.3 Å². The third-order valence-electron chi connectivity index (χ3n) is 5.00. The third-order valence-corrected chi connectivity index (χ3v) is 5.18. The summed E-state index contributed by atoms with van der Waals surface area (Å²) in [7, 11) is 0. The second kappa shape index (κ2) is 8.00. The first kappa shape index (κ1) is 19.7. The lowest BCUT2D eigenvalue weighted by molar-refractivity contribution is -0.143. The maximum Gasteiger partial charge on any atom is 0.248 e. The predicted octanol–water partition coefficient (Wildman–Crippen LogP) is 3.97. The Morgan fingerprint density at radius 3 is 2.86 bits per heavy atom. The van der Waals surface area contributed by atoms with E-state index in [1.807, 2.05) is 18.3 Å². The van der Waals surface area contributed by atoms with Crippen LogP contribution in [0.4, 0.5) is 4.39 Å². The van der Waals surface area contributed by atoms with Crippen molar-refractivity contribution in [3.8, 4) is 11.3 Å². The van der Waals surface area contributed by atoms with Crippen LogP contribution < -0.4 is 0 Å². The molecule has 1 amide bonds. The molecule has 0 N–H and O–H groups in total. The van der Waals surface area contributed by atoms with E-state index in [-0.39, 0.29) is 29.4 Å². The molecule has 0 saturated carbocycles. The van der Waals surface area contributed by atoms with Gasteiger partial charge >= 0.3 is 0 Å². The SMILES string of the molecule is CC(C)c1c(CN2CCOCC2=O)cnc2ccc(-c3nc(Cl)ncc3F)cc12. The molecule has 1 aromatic carbocycles. The van der Waals surface area contributed by atoms with E-state index in [2.05, 4.69) is 28.8 Å². The summed E-state index contributed by atoms with van der Waals surface area (Å²) in [6, 6.07) is 5.49. The minimum Gasteiger partial charge on any atom is -0.370 e. The van der Waals surface area contributed by atoms with E-state index in [1.165, 1.54) is 0 Å². The standard InChI is InChI=1S/C21H20ClFN4O2/c1-12(2)19-14(10-27-5-6-29-11-18(27)28)8-24-17-4-3-13(7-15(17)19)20-16(23)9-25-21(22)26-20/h3-4,7-9,12H,5-6,10-11H2,1-2H3. The van der Waals surface area contributed by atoms with Crippen LogP contribution in [0.5, 0.6) is 0 Å². The number of benzene rings is 1. The average molecular weight is 415 g/mol. The number of nitrogens with zero attached hydrogens (tertiary/aromatic N) is 4. The lowest BCUT2D eigenvalue weighted by Gasteiger charge is -2.28. The average Bonchev–Trinajstić information content (AvgIpc) is 2.70. The monoisotopic (exact) mass is 414 g/mol. The number of hydrogen-bond donors (Lipinski definition) is 0. The highest BCUT2D eigenvalue weighted by Gasteiger charge is 2.22. The number of carbonyl (C=O) groups excluding carboxylic acids is 1. The highest BCUT2D eigenvalue weighted by atomic mass is 35.5. The molecule has 3 aromatic rings. The molecule has 1 fully saturated rings. The highest BCUT2D eigenvalue weighted by Crippen LogP contribution is 2.32. The first-order chi connectivity index (χ1) is 13.9. The summed E-state index contributed by atoms with van der Waals surface area (Å²) >= 11 is 5.87. The summed E-state index contributed by atoms with van der Waals surface area (Å²) in [5.41, 5.74) is 3.60. The number of ether oxygens (including phenoxy) is 1. The molecular weight excluding hydrogens is 395 g/mol. The molecule has 0 bridgehead atoms. The molecule has 1 saturated heterocycles. The molecule has 6 nitrogen and oxygen atoms in total. The van der Waals surface area contributed by atoms with Crippen LogP contribution in [0.3, 0.4) is 0 Å². The van der Waals surface area contributed by atoms with Gasteiger partial charge in [0.1, 0.15) is 12.3 Å². The quantitative estimate of drug-likeness (QED) is 0.604. The number of fused-ring (bicyclic) bond motifs is 1. The minimum atomic E-state index is -0.539. The first-order valence-corrected chi connectivity index (χ1v) is 9.77. The molecule has 29 heavy (non-hydrogen) atoms.